The molecule has 4 rings (SSSR count). The van der Waals surface area contributed by atoms with Gasteiger partial charge in [-0.25, -0.2) is 4.79 Å². The number of thiophene rings is 1. The first-order valence-electron chi connectivity index (χ1n) is 10.5. The third-order valence-electron chi connectivity index (χ3n) is 5.05. The van der Waals surface area contributed by atoms with E-state index in [2.05, 4.69) is 20.8 Å². The van der Waals surface area contributed by atoms with Gasteiger partial charge in [0.15, 0.2) is 11.0 Å². The number of nitrogens with one attached hydrogen (secondary N) is 2. The maximum absolute atomic E-state index is 12.6. The Morgan fingerprint density at radius 1 is 1.25 bits per heavy atom. The second-order valence-electron chi connectivity index (χ2n) is 7.45. The van der Waals surface area contributed by atoms with Crippen LogP contribution in [0.4, 0.5) is 4.79 Å². The summed E-state index contributed by atoms with van der Waals surface area (Å²) in [4.78, 5) is 25.7. The minimum absolute atomic E-state index is 0.108. The summed E-state index contributed by atoms with van der Waals surface area (Å²) in [5, 5.41) is 15.9. The molecule has 0 spiro atoms. The number of hydrogen-bond acceptors (Lipinski definition) is 7. The van der Waals surface area contributed by atoms with Gasteiger partial charge in [-0.2, -0.15) is 0 Å². The number of carbonyl (C=O) groups excluding carboxylic acids is 2. The van der Waals surface area contributed by atoms with Crippen LogP contribution in [0.3, 0.4) is 0 Å². The number of aromatic nitrogens is 3. The molecule has 0 aliphatic carbocycles. The van der Waals surface area contributed by atoms with Gasteiger partial charge in [-0.05, 0) is 36.8 Å². The first-order chi connectivity index (χ1) is 15.6. The zero-order valence-electron chi connectivity index (χ0n) is 17.7. The third kappa shape index (κ3) is 5.76. The highest BCUT2D eigenvalue weighted by Crippen LogP contribution is 2.30. The summed E-state index contributed by atoms with van der Waals surface area (Å²) in [5.41, 5.74) is 0.959. The second-order valence-corrected chi connectivity index (χ2v) is 9.70. The Hall–Kier alpha value is -2.69. The van der Waals surface area contributed by atoms with Gasteiger partial charge >= 0.3 is 6.03 Å². The molecule has 2 atom stereocenters. The van der Waals surface area contributed by atoms with Gasteiger partial charge in [-0.15, -0.1) is 21.5 Å². The highest BCUT2D eigenvalue weighted by atomic mass is 32.2. The minimum atomic E-state index is -0.527. The quantitative estimate of drug-likeness (QED) is 0.486. The molecule has 2 unspecified atom stereocenters. The van der Waals surface area contributed by atoms with Crippen molar-refractivity contribution in [2.24, 2.45) is 0 Å². The fourth-order valence-corrected chi connectivity index (χ4v) is 4.94. The molecule has 3 aromatic rings. The molecule has 1 aromatic carbocycles. The lowest BCUT2D eigenvalue weighted by molar-refractivity contribution is -0.119. The van der Waals surface area contributed by atoms with Crippen LogP contribution < -0.4 is 10.6 Å². The van der Waals surface area contributed by atoms with Crippen molar-refractivity contribution in [1.29, 1.82) is 0 Å². The Balaban J connectivity index is 1.38. The Kier molecular flexibility index (Phi) is 7.56. The Morgan fingerprint density at radius 3 is 2.81 bits per heavy atom. The second kappa shape index (κ2) is 10.8. The molecule has 0 radical (unpaired) electrons. The molecule has 1 fully saturated rings. The molecule has 3 amide bonds. The zero-order chi connectivity index (χ0) is 22.3. The molecular weight excluding hydrogens is 446 g/mol. The average Bonchev–Trinajstić information content (AvgIpc) is 3.56. The summed E-state index contributed by atoms with van der Waals surface area (Å²) in [7, 11) is 0. The van der Waals surface area contributed by atoms with Crippen LogP contribution in [0.2, 0.25) is 0 Å². The van der Waals surface area contributed by atoms with E-state index < -0.39 is 11.3 Å². The van der Waals surface area contributed by atoms with Crippen LogP contribution >= 0.6 is 23.1 Å². The summed E-state index contributed by atoms with van der Waals surface area (Å²) in [6, 6.07) is 13.0. The fraction of sp³-hybridized carbons (Fsp3) is 0.364. The Labute approximate surface area is 194 Å². The number of urea groups is 1. The first-order valence-corrected chi connectivity index (χ1v) is 12.2. The summed E-state index contributed by atoms with van der Waals surface area (Å²) in [6.07, 6.45) is 2.14. The van der Waals surface area contributed by atoms with Gasteiger partial charge in [0.25, 0.3) is 0 Å². The highest BCUT2D eigenvalue weighted by Gasteiger charge is 2.25. The van der Waals surface area contributed by atoms with Crippen molar-refractivity contribution in [2.75, 3.05) is 6.61 Å². The summed E-state index contributed by atoms with van der Waals surface area (Å²) < 4.78 is 7.83. The van der Waals surface area contributed by atoms with Gasteiger partial charge in [-0.3, -0.25) is 14.7 Å². The minimum Gasteiger partial charge on any atom is -0.376 e. The van der Waals surface area contributed by atoms with Crippen LogP contribution in [0, 0.1) is 0 Å². The lowest BCUT2D eigenvalue weighted by Gasteiger charge is -2.16. The number of carbonyl (C=O) groups is 2. The molecular formula is C22H25N5O3S2. The van der Waals surface area contributed by atoms with E-state index in [1.807, 2.05) is 52.4 Å². The van der Waals surface area contributed by atoms with Gasteiger partial charge in [0.1, 0.15) is 0 Å². The van der Waals surface area contributed by atoms with E-state index in [4.69, 9.17) is 4.74 Å². The molecule has 1 saturated heterocycles. The number of ether oxygens (including phenoxy) is 1. The molecule has 0 saturated carbocycles. The molecule has 2 N–H and O–H groups in total. The smallest absolute Gasteiger partial charge is 0.321 e. The summed E-state index contributed by atoms with van der Waals surface area (Å²) >= 11 is 2.88. The fourth-order valence-electron chi connectivity index (χ4n) is 3.37. The molecule has 0 bridgehead atoms. The number of imide groups is 1. The average molecular weight is 472 g/mol. The van der Waals surface area contributed by atoms with Gasteiger partial charge in [0.2, 0.25) is 5.91 Å². The van der Waals surface area contributed by atoms with Crippen LogP contribution in [0.5, 0.6) is 0 Å². The van der Waals surface area contributed by atoms with E-state index in [1.54, 1.807) is 18.3 Å². The molecule has 32 heavy (non-hydrogen) atoms. The standard InChI is InChI=1S/C22H25N5O3S2/c1-15(20(28)24-21(29)23-13-16-7-3-2-4-8-16)32-22-26-25-19(18-10-6-12-31-18)27(22)14-17-9-5-11-30-17/h2-4,6-8,10,12,15,17H,5,9,11,13-14H2,1H3,(H2,23,24,28,29). The van der Waals surface area contributed by atoms with Crippen LogP contribution in [0.15, 0.2) is 53.0 Å². The van der Waals surface area contributed by atoms with Crippen LogP contribution in [0.1, 0.15) is 25.3 Å². The van der Waals surface area contributed by atoms with Crippen molar-refractivity contribution < 1.29 is 14.3 Å². The third-order valence-corrected chi connectivity index (χ3v) is 7.00. The number of rotatable bonds is 8. The van der Waals surface area contributed by atoms with E-state index in [9.17, 15) is 9.59 Å². The molecule has 1 aliphatic heterocycles. The van der Waals surface area contributed by atoms with Crippen LogP contribution in [0.25, 0.3) is 10.7 Å². The molecule has 3 heterocycles. The SMILES string of the molecule is CC(Sc1nnc(-c2cccs2)n1CC1CCCO1)C(=O)NC(=O)NCc1ccccc1. The largest absolute Gasteiger partial charge is 0.376 e. The number of benzene rings is 1. The lowest BCUT2D eigenvalue weighted by atomic mass is 10.2. The predicted octanol–water partition coefficient (Wildman–Crippen LogP) is 3.69. The van der Waals surface area contributed by atoms with Gasteiger partial charge in [-0.1, -0.05) is 48.2 Å². The molecule has 10 heteroatoms. The Bertz CT molecular complexity index is 1030. The van der Waals surface area contributed by atoms with E-state index in [0.717, 1.165) is 35.7 Å². The van der Waals surface area contributed by atoms with E-state index in [0.29, 0.717) is 18.2 Å². The van der Waals surface area contributed by atoms with Crippen molar-refractivity contribution in [2.45, 2.75) is 49.4 Å². The lowest BCUT2D eigenvalue weighted by Crippen LogP contribution is -2.42. The van der Waals surface area contributed by atoms with Crippen LogP contribution in [-0.4, -0.2) is 44.7 Å². The normalized spacial score (nSPS) is 16.6. The van der Waals surface area contributed by atoms with Crippen molar-refractivity contribution in [3.05, 3.63) is 53.4 Å². The zero-order valence-corrected chi connectivity index (χ0v) is 19.3. The van der Waals surface area contributed by atoms with Crippen molar-refractivity contribution in [3.8, 4) is 10.7 Å². The molecule has 2 aromatic heterocycles. The predicted molar refractivity (Wildman–Crippen MR) is 124 cm³/mol. The van der Waals surface area contributed by atoms with Gasteiger partial charge in [0, 0.05) is 13.2 Å². The molecule has 8 nitrogen and oxygen atoms in total. The molecule has 1 aliphatic rings. The topological polar surface area (TPSA) is 98.1 Å². The summed E-state index contributed by atoms with van der Waals surface area (Å²) in [6.45, 7) is 3.50. The van der Waals surface area contributed by atoms with Crippen LogP contribution in [-0.2, 0) is 22.6 Å². The number of hydrogen-bond donors (Lipinski definition) is 2. The first kappa shape index (κ1) is 22.5. The summed E-state index contributed by atoms with van der Waals surface area (Å²) in [5.74, 6) is 0.385. The van der Waals surface area contributed by atoms with Gasteiger partial charge in [0.05, 0.1) is 22.8 Å². The maximum atomic E-state index is 12.6. The maximum Gasteiger partial charge on any atom is 0.321 e. The van der Waals surface area contributed by atoms with Gasteiger partial charge < -0.3 is 10.1 Å². The highest BCUT2D eigenvalue weighted by molar-refractivity contribution is 8.00. The molecule has 168 valence electrons. The van der Waals surface area contributed by atoms with E-state index in [1.165, 1.54) is 11.8 Å². The van der Waals surface area contributed by atoms with E-state index >= 15 is 0 Å². The number of thioether (sulfide) groups is 1. The Morgan fingerprint density at radius 2 is 2.09 bits per heavy atom. The van der Waals surface area contributed by atoms with E-state index in [-0.39, 0.29) is 12.0 Å². The number of amides is 3. The van der Waals surface area contributed by atoms with Crippen molar-refractivity contribution >= 4 is 35.0 Å². The number of nitrogens with zero attached hydrogens (tertiary/aromatic N) is 3. The monoisotopic (exact) mass is 471 g/mol. The van der Waals surface area contributed by atoms with Crippen molar-refractivity contribution in [3.63, 3.8) is 0 Å². The van der Waals surface area contributed by atoms with Crippen molar-refractivity contribution in [1.82, 2.24) is 25.4 Å².